The van der Waals surface area contributed by atoms with Crippen molar-refractivity contribution in [2.45, 2.75) is 57.5 Å². The number of nitrogens with one attached hydrogen (secondary N) is 1. The predicted molar refractivity (Wildman–Crippen MR) is 89.4 cm³/mol. The van der Waals surface area contributed by atoms with E-state index in [4.69, 9.17) is 0 Å². The van der Waals surface area contributed by atoms with Crippen molar-refractivity contribution in [2.75, 3.05) is 19.6 Å². The van der Waals surface area contributed by atoms with Gasteiger partial charge in [-0.15, -0.1) is 0 Å². The zero-order valence-electron chi connectivity index (χ0n) is 13.6. The first kappa shape index (κ1) is 15.1. The predicted octanol–water partition coefficient (Wildman–Crippen LogP) is 3.99. The Morgan fingerprint density at radius 1 is 1.24 bits per heavy atom. The molecular formula is C19H30N2. The minimum absolute atomic E-state index is 0.453. The smallest absolute Gasteiger partial charge is 0.0450 e. The van der Waals surface area contributed by atoms with E-state index < -0.39 is 0 Å². The fourth-order valence-corrected chi connectivity index (χ4v) is 4.11. The topological polar surface area (TPSA) is 15.3 Å². The highest BCUT2D eigenvalue weighted by Crippen LogP contribution is 2.39. The second-order valence-electron chi connectivity index (χ2n) is 7.19. The van der Waals surface area contributed by atoms with Crippen molar-refractivity contribution in [3.63, 3.8) is 0 Å². The summed E-state index contributed by atoms with van der Waals surface area (Å²) < 4.78 is 0. The van der Waals surface area contributed by atoms with E-state index in [0.717, 1.165) is 5.92 Å². The van der Waals surface area contributed by atoms with Gasteiger partial charge in [-0.05, 0) is 24.3 Å². The average molecular weight is 286 g/mol. The molecule has 0 aromatic heterocycles. The Hall–Kier alpha value is -0.860. The number of nitrogens with zero attached hydrogens (tertiary/aromatic N) is 1. The van der Waals surface area contributed by atoms with Crippen molar-refractivity contribution in [3.8, 4) is 0 Å². The minimum atomic E-state index is 0.453. The van der Waals surface area contributed by atoms with Gasteiger partial charge in [-0.3, -0.25) is 4.90 Å². The Kier molecular flexibility index (Phi) is 4.66. The highest BCUT2D eigenvalue weighted by Gasteiger charge is 2.43. The Bertz CT molecular complexity index is 436. The molecule has 1 saturated carbocycles. The summed E-state index contributed by atoms with van der Waals surface area (Å²) >= 11 is 0. The third-order valence-electron chi connectivity index (χ3n) is 5.72. The van der Waals surface area contributed by atoms with E-state index in [0.29, 0.717) is 11.6 Å². The van der Waals surface area contributed by atoms with Crippen LogP contribution < -0.4 is 5.32 Å². The standard InChI is InChI=1S/C19H30N2/c1-3-16(2)13-21-14-18(17-9-5-4-6-10-17)20-15-19(21)11-7-8-12-19/h4-6,9-10,16,18,20H,3,7-8,11-15H2,1-2H3. The summed E-state index contributed by atoms with van der Waals surface area (Å²) in [5.74, 6) is 0.803. The molecular weight excluding hydrogens is 256 g/mol. The van der Waals surface area contributed by atoms with Crippen molar-refractivity contribution in [2.24, 2.45) is 5.92 Å². The zero-order chi connectivity index (χ0) is 14.7. The van der Waals surface area contributed by atoms with E-state index in [1.165, 1.54) is 57.3 Å². The maximum absolute atomic E-state index is 3.85. The Morgan fingerprint density at radius 3 is 2.62 bits per heavy atom. The molecule has 2 heteroatoms. The van der Waals surface area contributed by atoms with Crippen LogP contribution in [0, 0.1) is 5.92 Å². The molecule has 1 N–H and O–H groups in total. The van der Waals surface area contributed by atoms with Crippen LogP contribution >= 0.6 is 0 Å². The lowest BCUT2D eigenvalue weighted by atomic mass is 9.88. The monoisotopic (exact) mass is 286 g/mol. The summed E-state index contributed by atoms with van der Waals surface area (Å²) in [5, 5.41) is 3.85. The Labute approximate surface area is 129 Å². The van der Waals surface area contributed by atoms with Gasteiger partial charge in [-0.1, -0.05) is 63.4 Å². The molecule has 2 aliphatic rings. The Balaban J connectivity index is 1.76. The number of benzene rings is 1. The van der Waals surface area contributed by atoms with Crippen LogP contribution in [-0.2, 0) is 0 Å². The summed E-state index contributed by atoms with van der Waals surface area (Å²) in [5.41, 5.74) is 1.90. The van der Waals surface area contributed by atoms with Gasteiger partial charge in [0.2, 0.25) is 0 Å². The van der Waals surface area contributed by atoms with Crippen LogP contribution in [0.1, 0.15) is 57.6 Å². The summed E-state index contributed by atoms with van der Waals surface area (Å²) in [6, 6.07) is 11.5. The van der Waals surface area contributed by atoms with E-state index in [1.807, 2.05) is 0 Å². The van der Waals surface area contributed by atoms with Crippen molar-refractivity contribution >= 4 is 0 Å². The van der Waals surface area contributed by atoms with Crippen LogP contribution in [0.25, 0.3) is 0 Å². The van der Waals surface area contributed by atoms with Gasteiger partial charge in [0.05, 0.1) is 0 Å². The SMILES string of the molecule is CCC(C)CN1CC(c2ccccc2)NCC12CCCC2. The summed E-state index contributed by atoms with van der Waals surface area (Å²) in [4.78, 5) is 2.84. The molecule has 1 heterocycles. The molecule has 2 nitrogen and oxygen atoms in total. The summed E-state index contributed by atoms with van der Waals surface area (Å²) in [6.45, 7) is 8.34. The van der Waals surface area contributed by atoms with Crippen LogP contribution in [0.4, 0.5) is 0 Å². The summed E-state index contributed by atoms with van der Waals surface area (Å²) in [7, 11) is 0. The second-order valence-corrected chi connectivity index (χ2v) is 7.19. The molecule has 1 aliphatic carbocycles. The molecule has 1 aromatic carbocycles. The number of rotatable bonds is 4. The van der Waals surface area contributed by atoms with Gasteiger partial charge in [0.25, 0.3) is 0 Å². The van der Waals surface area contributed by atoms with E-state index in [9.17, 15) is 0 Å². The van der Waals surface area contributed by atoms with Gasteiger partial charge in [0.15, 0.2) is 0 Å². The quantitative estimate of drug-likeness (QED) is 0.900. The maximum atomic E-state index is 3.85. The molecule has 0 bridgehead atoms. The molecule has 116 valence electrons. The minimum Gasteiger partial charge on any atom is -0.307 e. The second kappa shape index (κ2) is 6.50. The first-order valence-electron chi connectivity index (χ1n) is 8.77. The number of hydrogen-bond acceptors (Lipinski definition) is 2. The molecule has 0 radical (unpaired) electrons. The van der Waals surface area contributed by atoms with Crippen molar-refractivity contribution in [1.29, 1.82) is 0 Å². The van der Waals surface area contributed by atoms with Gasteiger partial charge in [-0.25, -0.2) is 0 Å². The van der Waals surface area contributed by atoms with Gasteiger partial charge in [-0.2, -0.15) is 0 Å². The first-order chi connectivity index (χ1) is 10.2. The zero-order valence-corrected chi connectivity index (χ0v) is 13.6. The lowest BCUT2D eigenvalue weighted by molar-refractivity contribution is 0.0303. The van der Waals surface area contributed by atoms with E-state index in [-0.39, 0.29) is 0 Å². The molecule has 21 heavy (non-hydrogen) atoms. The number of hydrogen-bond donors (Lipinski definition) is 1. The highest BCUT2D eigenvalue weighted by molar-refractivity contribution is 5.21. The average Bonchev–Trinajstić information content (AvgIpc) is 3.00. The molecule has 2 fully saturated rings. The molecule has 2 atom stereocenters. The van der Waals surface area contributed by atoms with Gasteiger partial charge in [0.1, 0.15) is 0 Å². The van der Waals surface area contributed by atoms with Gasteiger partial charge in [0, 0.05) is 31.2 Å². The maximum Gasteiger partial charge on any atom is 0.0450 e. The first-order valence-corrected chi connectivity index (χ1v) is 8.77. The van der Waals surface area contributed by atoms with Crippen LogP contribution in [0.15, 0.2) is 30.3 Å². The molecule has 1 saturated heterocycles. The lowest BCUT2D eigenvalue weighted by Crippen LogP contribution is -2.61. The summed E-state index contributed by atoms with van der Waals surface area (Å²) in [6.07, 6.45) is 6.88. The van der Waals surface area contributed by atoms with Crippen molar-refractivity contribution < 1.29 is 0 Å². The normalized spacial score (nSPS) is 27.0. The molecule has 3 rings (SSSR count). The third-order valence-corrected chi connectivity index (χ3v) is 5.72. The Morgan fingerprint density at radius 2 is 1.95 bits per heavy atom. The van der Waals surface area contributed by atoms with Crippen LogP contribution in [-0.4, -0.2) is 30.1 Å². The molecule has 0 amide bonds. The van der Waals surface area contributed by atoms with Crippen LogP contribution in [0.3, 0.4) is 0 Å². The van der Waals surface area contributed by atoms with Gasteiger partial charge < -0.3 is 5.32 Å². The molecule has 2 unspecified atom stereocenters. The van der Waals surface area contributed by atoms with E-state index >= 15 is 0 Å². The van der Waals surface area contributed by atoms with Crippen molar-refractivity contribution in [3.05, 3.63) is 35.9 Å². The molecule has 1 spiro atoms. The van der Waals surface area contributed by atoms with E-state index in [2.05, 4.69) is 54.4 Å². The highest BCUT2D eigenvalue weighted by atomic mass is 15.3. The third kappa shape index (κ3) is 3.17. The molecule has 1 aromatic rings. The van der Waals surface area contributed by atoms with Gasteiger partial charge >= 0.3 is 0 Å². The fraction of sp³-hybridized carbons (Fsp3) is 0.684. The molecule has 1 aliphatic heterocycles. The fourth-order valence-electron chi connectivity index (χ4n) is 4.11. The number of piperazine rings is 1. The van der Waals surface area contributed by atoms with Crippen LogP contribution in [0.5, 0.6) is 0 Å². The van der Waals surface area contributed by atoms with Crippen LogP contribution in [0.2, 0.25) is 0 Å². The van der Waals surface area contributed by atoms with Crippen molar-refractivity contribution in [1.82, 2.24) is 10.2 Å². The lowest BCUT2D eigenvalue weighted by Gasteiger charge is -2.49. The van der Waals surface area contributed by atoms with E-state index in [1.54, 1.807) is 0 Å². The largest absolute Gasteiger partial charge is 0.307 e.